The van der Waals surface area contributed by atoms with Gasteiger partial charge >= 0.3 is 0 Å². The first-order chi connectivity index (χ1) is 18.2. The van der Waals surface area contributed by atoms with Crippen molar-refractivity contribution < 1.29 is 19.8 Å². The Morgan fingerprint density at radius 1 is 0.500 bits per heavy atom. The van der Waals surface area contributed by atoms with E-state index in [2.05, 4.69) is 0 Å². The topological polar surface area (TPSA) is 74.6 Å². The molecule has 0 amide bonds. The Labute approximate surface area is 241 Å². The van der Waals surface area contributed by atoms with Crippen molar-refractivity contribution >= 4 is 58.0 Å². The fourth-order valence-corrected chi connectivity index (χ4v) is 5.00. The van der Waals surface area contributed by atoms with Crippen molar-refractivity contribution in [2.24, 2.45) is 0 Å². The van der Waals surface area contributed by atoms with Gasteiger partial charge in [-0.25, -0.2) is 0 Å². The highest BCUT2D eigenvalue weighted by atomic mass is 35.5. The standard InChI is InChI=1S/2C15H12Cl2O2/c2*16-11-7-4-8-12(17)15(11)14(19)9-13(18)10-5-2-1-3-6-10/h2*1-8,14,19H,9H2/t2*14-/m11/s1. The number of carbonyl (C=O) groups is 2. The lowest BCUT2D eigenvalue weighted by atomic mass is 10.00. The molecule has 4 aromatic carbocycles. The van der Waals surface area contributed by atoms with Crippen LogP contribution in [0, 0.1) is 0 Å². The number of benzene rings is 4. The predicted octanol–water partition coefficient (Wildman–Crippen LogP) is 8.60. The van der Waals surface area contributed by atoms with Crippen LogP contribution in [0.3, 0.4) is 0 Å². The molecule has 2 N–H and O–H groups in total. The monoisotopic (exact) mass is 588 g/mol. The molecule has 0 bridgehead atoms. The van der Waals surface area contributed by atoms with E-state index in [1.165, 1.54) is 0 Å². The minimum Gasteiger partial charge on any atom is -0.388 e. The maximum Gasteiger partial charge on any atom is 0.165 e. The zero-order valence-corrected chi connectivity index (χ0v) is 23.1. The van der Waals surface area contributed by atoms with Crippen LogP contribution < -0.4 is 0 Å². The Morgan fingerprint density at radius 2 is 0.789 bits per heavy atom. The average molecular weight is 590 g/mol. The first-order valence-corrected chi connectivity index (χ1v) is 13.1. The normalized spacial score (nSPS) is 12.2. The summed E-state index contributed by atoms with van der Waals surface area (Å²) in [6.07, 6.45) is -2.11. The first kappa shape index (κ1) is 29.9. The number of hydrogen-bond donors (Lipinski definition) is 2. The van der Waals surface area contributed by atoms with E-state index in [4.69, 9.17) is 46.4 Å². The maximum absolute atomic E-state index is 12.0. The second kappa shape index (κ2) is 14.5. The number of ketones is 2. The van der Waals surface area contributed by atoms with Crippen LogP contribution in [0.4, 0.5) is 0 Å². The molecule has 0 aliphatic rings. The highest BCUT2D eigenvalue weighted by molar-refractivity contribution is 6.36. The number of hydrogen-bond acceptors (Lipinski definition) is 4. The third-order valence-electron chi connectivity index (χ3n) is 5.61. The predicted molar refractivity (Wildman–Crippen MR) is 154 cm³/mol. The fraction of sp³-hybridized carbons (Fsp3) is 0.133. The lowest BCUT2D eigenvalue weighted by Gasteiger charge is -2.13. The van der Waals surface area contributed by atoms with Gasteiger partial charge in [0, 0.05) is 55.2 Å². The number of rotatable bonds is 8. The Hall–Kier alpha value is -2.70. The van der Waals surface area contributed by atoms with Gasteiger partial charge in [-0.3, -0.25) is 9.59 Å². The Balaban J connectivity index is 0.000000211. The summed E-state index contributed by atoms with van der Waals surface area (Å²) in [5, 5.41) is 21.7. The van der Waals surface area contributed by atoms with E-state index in [1.54, 1.807) is 84.9 Å². The molecule has 196 valence electrons. The molecule has 0 unspecified atom stereocenters. The zero-order chi connectivity index (χ0) is 27.7. The van der Waals surface area contributed by atoms with Gasteiger partial charge < -0.3 is 10.2 Å². The van der Waals surface area contributed by atoms with Crippen LogP contribution >= 0.6 is 46.4 Å². The van der Waals surface area contributed by atoms with Crippen molar-refractivity contribution in [2.45, 2.75) is 25.0 Å². The van der Waals surface area contributed by atoms with Crippen LogP contribution in [-0.4, -0.2) is 21.8 Å². The summed E-state index contributed by atoms with van der Waals surface area (Å²) < 4.78 is 0. The van der Waals surface area contributed by atoms with Gasteiger partial charge in [0.1, 0.15) is 0 Å². The molecule has 2 atom stereocenters. The molecular formula is C30H24Cl4O4. The third-order valence-corrected chi connectivity index (χ3v) is 6.93. The van der Waals surface area contributed by atoms with Gasteiger partial charge in [-0.1, -0.05) is 119 Å². The van der Waals surface area contributed by atoms with Crippen molar-refractivity contribution in [1.82, 2.24) is 0 Å². The molecule has 4 nitrogen and oxygen atoms in total. The summed E-state index contributed by atoms with van der Waals surface area (Å²) >= 11 is 24.0. The van der Waals surface area contributed by atoms with E-state index in [0.29, 0.717) is 42.3 Å². The second-order valence-electron chi connectivity index (χ2n) is 8.29. The van der Waals surface area contributed by atoms with E-state index in [-0.39, 0.29) is 24.4 Å². The van der Waals surface area contributed by atoms with Gasteiger partial charge in [0.25, 0.3) is 0 Å². The van der Waals surface area contributed by atoms with E-state index in [1.807, 2.05) is 12.1 Å². The highest BCUT2D eigenvalue weighted by Gasteiger charge is 2.20. The number of Topliss-reactive ketones (excluding diaryl/α,β-unsaturated/α-hetero) is 2. The molecule has 0 aliphatic heterocycles. The number of carbonyl (C=O) groups excluding carboxylic acids is 2. The van der Waals surface area contributed by atoms with Gasteiger partial charge in [-0.15, -0.1) is 0 Å². The van der Waals surface area contributed by atoms with Gasteiger partial charge in [-0.05, 0) is 24.3 Å². The van der Waals surface area contributed by atoms with E-state index in [9.17, 15) is 19.8 Å². The molecule has 0 saturated heterocycles. The molecule has 0 spiro atoms. The summed E-state index contributed by atoms with van der Waals surface area (Å²) in [4.78, 5) is 24.0. The highest BCUT2D eigenvalue weighted by Crippen LogP contribution is 2.33. The van der Waals surface area contributed by atoms with Gasteiger partial charge in [0.2, 0.25) is 0 Å². The van der Waals surface area contributed by atoms with E-state index >= 15 is 0 Å². The number of halogens is 4. The van der Waals surface area contributed by atoms with Crippen LogP contribution in [0.1, 0.15) is 56.9 Å². The lowest BCUT2D eigenvalue weighted by molar-refractivity contribution is 0.0870. The van der Waals surface area contributed by atoms with E-state index < -0.39 is 12.2 Å². The summed E-state index contributed by atoms with van der Waals surface area (Å²) in [6, 6.07) is 27.6. The van der Waals surface area contributed by atoms with Crippen LogP contribution in [0.15, 0.2) is 97.1 Å². The Bertz CT molecular complexity index is 1230. The van der Waals surface area contributed by atoms with Crippen LogP contribution in [0.25, 0.3) is 0 Å². The minimum atomic E-state index is -1.01. The van der Waals surface area contributed by atoms with Crippen molar-refractivity contribution in [2.75, 3.05) is 0 Å². The molecule has 0 radical (unpaired) electrons. The minimum absolute atomic E-state index is 0.0481. The number of aliphatic hydroxyl groups is 2. The van der Waals surface area contributed by atoms with Gasteiger partial charge in [-0.2, -0.15) is 0 Å². The maximum atomic E-state index is 12.0. The molecule has 0 aromatic heterocycles. The van der Waals surface area contributed by atoms with Crippen molar-refractivity contribution in [3.63, 3.8) is 0 Å². The summed E-state index contributed by atoms with van der Waals surface area (Å²) in [5.41, 5.74) is 1.92. The Kier molecular flexibility index (Phi) is 11.4. The molecule has 0 aliphatic carbocycles. The SMILES string of the molecule is O=C(C[C@@H](O)c1c(Cl)cccc1Cl)c1ccccc1.O=C(C[C@@H](O)c1c(Cl)cccc1Cl)c1ccccc1. The van der Waals surface area contributed by atoms with Crippen LogP contribution in [-0.2, 0) is 0 Å². The van der Waals surface area contributed by atoms with Gasteiger partial charge in [0.15, 0.2) is 11.6 Å². The molecule has 38 heavy (non-hydrogen) atoms. The third kappa shape index (κ3) is 8.15. The molecule has 4 rings (SSSR count). The van der Waals surface area contributed by atoms with Crippen molar-refractivity contribution in [3.05, 3.63) is 139 Å². The van der Waals surface area contributed by atoms with Crippen molar-refractivity contribution in [1.29, 1.82) is 0 Å². The van der Waals surface area contributed by atoms with Crippen molar-refractivity contribution in [3.8, 4) is 0 Å². The fourth-order valence-electron chi connectivity index (χ4n) is 3.70. The zero-order valence-electron chi connectivity index (χ0n) is 20.0. The first-order valence-electron chi connectivity index (χ1n) is 11.6. The molecule has 4 aromatic rings. The largest absolute Gasteiger partial charge is 0.388 e. The quantitative estimate of drug-likeness (QED) is 0.202. The lowest BCUT2D eigenvalue weighted by Crippen LogP contribution is -2.08. The summed E-state index contributed by atoms with van der Waals surface area (Å²) in [7, 11) is 0. The molecule has 8 heteroatoms. The average Bonchev–Trinajstić information content (AvgIpc) is 2.90. The van der Waals surface area contributed by atoms with Gasteiger partial charge in [0.05, 0.1) is 12.2 Å². The Morgan fingerprint density at radius 3 is 1.08 bits per heavy atom. The molecular weight excluding hydrogens is 566 g/mol. The smallest absolute Gasteiger partial charge is 0.165 e. The molecule has 0 saturated carbocycles. The number of aliphatic hydroxyl groups excluding tert-OH is 2. The van der Waals surface area contributed by atoms with Crippen LogP contribution in [0.2, 0.25) is 20.1 Å². The van der Waals surface area contributed by atoms with E-state index in [0.717, 1.165) is 0 Å². The summed E-state index contributed by atoms with van der Waals surface area (Å²) in [6.45, 7) is 0. The molecule has 0 heterocycles. The molecule has 0 fully saturated rings. The van der Waals surface area contributed by atoms with Crippen LogP contribution in [0.5, 0.6) is 0 Å². The summed E-state index contributed by atoms with van der Waals surface area (Å²) in [5.74, 6) is -0.298. The second-order valence-corrected chi connectivity index (χ2v) is 9.92.